The van der Waals surface area contributed by atoms with Crippen LogP contribution in [0, 0.1) is 5.41 Å². The van der Waals surface area contributed by atoms with E-state index in [4.69, 9.17) is 0 Å². The third-order valence-corrected chi connectivity index (χ3v) is 4.62. The predicted molar refractivity (Wildman–Crippen MR) is 87.7 cm³/mol. The fourth-order valence-electron chi connectivity index (χ4n) is 1.72. The summed E-state index contributed by atoms with van der Waals surface area (Å²) in [5, 5.41) is 12.7. The van der Waals surface area contributed by atoms with E-state index >= 15 is 0 Å². The topological polar surface area (TPSA) is 49.3 Å². The molecule has 0 heterocycles. The van der Waals surface area contributed by atoms with Crippen LogP contribution in [0.25, 0.3) is 0 Å². The van der Waals surface area contributed by atoms with Crippen molar-refractivity contribution >= 4 is 23.4 Å². The normalized spacial score (nSPS) is 11.1. The van der Waals surface area contributed by atoms with Gasteiger partial charge in [0.15, 0.2) is 0 Å². The van der Waals surface area contributed by atoms with Gasteiger partial charge in [0, 0.05) is 16.3 Å². The fourth-order valence-corrected chi connectivity index (χ4v) is 2.76. The van der Waals surface area contributed by atoms with Crippen molar-refractivity contribution in [3.05, 3.63) is 54.6 Å². The number of hydrogen-bond donors (Lipinski definition) is 2. The number of nitrogens with one attached hydrogen (secondary N) is 1. The van der Waals surface area contributed by atoms with Crippen molar-refractivity contribution in [1.82, 2.24) is 0 Å². The Balaban J connectivity index is 1.98. The molecule has 4 heteroatoms. The molecule has 0 unspecified atom stereocenters. The zero-order valence-electron chi connectivity index (χ0n) is 12.2. The van der Waals surface area contributed by atoms with Gasteiger partial charge in [0.05, 0.1) is 5.41 Å². The molecule has 0 spiro atoms. The molecule has 21 heavy (non-hydrogen) atoms. The highest BCUT2D eigenvalue weighted by atomic mass is 32.2. The molecule has 0 radical (unpaired) electrons. The summed E-state index contributed by atoms with van der Waals surface area (Å²) < 4.78 is 0. The highest BCUT2D eigenvalue weighted by Crippen LogP contribution is 2.33. The Hall–Kier alpha value is -1.94. The van der Waals surface area contributed by atoms with Gasteiger partial charge in [0.2, 0.25) is 5.91 Å². The molecule has 2 aromatic rings. The number of phenolic OH excluding ortho intramolecular Hbond substituents is 1. The minimum absolute atomic E-state index is 0.0309. The lowest BCUT2D eigenvalue weighted by atomic mass is 9.95. The molecular weight excluding hydrogens is 282 g/mol. The zero-order chi connectivity index (χ0) is 15.3. The van der Waals surface area contributed by atoms with Crippen molar-refractivity contribution < 1.29 is 9.90 Å². The van der Waals surface area contributed by atoms with Gasteiger partial charge in [-0.15, -0.1) is 11.8 Å². The van der Waals surface area contributed by atoms with Crippen LogP contribution in [0.4, 0.5) is 5.69 Å². The summed E-state index contributed by atoms with van der Waals surface area (Å²) in [5.74, 6) is 0.807. The van der Waals surface area contributed by atoms with E-state index in [1.54, 1.807) is 12.1 Å². The highest BCUT2D eigenvalue weighted by Gasteiger charge is 2.28. The number of aromatic hydroxyl groups is 1. The van der Waals surface area contributed by atoms with E-state index in [2.05, 4.69) is 5.32 Å². The smallest absolute Gasteiger partial charge is 0.230 e. The van der Waals surface area contributed by atoms with Crippen molar-refractivity contribution in [2.75, 3.05) is 11.1 Å². The zero-order valence-corrected chi connectivity index (χ0v) is 13.0. The predicted octanol–water partition coefficient (Wildman–Crippen LogP) is 4.15. The number of thioether (sulfide) groups is 1. The van der Waals surface area contributed by atoms with Gasteiger partial charge < -0.3 is 10.4 Å². The molecule has 0 saturated carbocycles. The van der Waals surface area contributed by atoms with Crippen molar-refractivity contribution in [3.8, 4) is 5.75 Å². The molecule has 2 rings (SSSR count). The van der Waals surface area contributed by atoms with Crippen LogP contribution in [-0.2, 0) is 4.79 Å². The van der Waals surface area contributed by atoms with Crippen LogP contribution in [0.5, 0.6) is 5.75 Å². The highest BCUT2D eigenvalue weighted by molar-refractivity contribution is 7.99. The molecule has 0 aliphatic carbocycles. The van der Waals surface area contributed by atoms with Crippen LogP contribution in [0.1, 0.15) is 13.8 Å². The molecule has 0 aromatic heterocycles. The second-order valence-corrected chi connectivity index (χ2v) is 6.48. The van der Waals surface area contributed by atoms with E-state index in [0.717, 1.165) is 10.6 Å². The van der Waals surface area contributed by atoms with E-state index in [1.165, 1.54) is 11.8 Å². The molecule has 0 aliphatic heterocycles. The van der Waals surface area contributed by atoms with Gasteiger partial charge in [-0.25, -0.2) is 0 Å². The van der Waals surface area contributed by atoms with Gasteiger partial charge in [0.25, 0.3) is 0 Å². The van der Waals surface area contributed by atoms with Crippen molar-refractivity contribution in [2.45, 2.75) is 18.7 Å². The van der Waals surface area contributed by atoms with Gasteiger partial charge in [-0.05, 0) is 24.3 Å². The molecule has 110 valence electrons. The van der Waals surface area contributed by atoms with Gasteiger partial charge in [0.1, 0.15) is 5.75 Å². The standard InChI is InChI=1S/C17H19NO2S/c1-17(2,12-21-15-11-7-6-10-14(15)19)16(20)18-13-8-4-3-5-9-13/h3-11,19H,12H2,1-2H3,(H,18,20). The van der Waals surface area contributed by atoms with Gasteiger partial charge in [-0.3, -0.25) is 4.79 Å². The maximum absolute atomic E-state index is 12.4. The summed E-state index contributed by atoms with van der Waals surface area (Å²) in [7, 11) is 0. The first-order valence-electron chi connectivity index (χ1n) is 6.76. The Labute approximate surface area is 129 Å². The Kier molecular flexibility index (Phi) is 4.91. The molecule has 0 saturated heterocycles. The van der Waals surface area contributed by atoms with Crippen molar-refractivity contribution in [1.29, 1.82) is 0 Å². The number of amides is 1. The molecule has 2 aromatic carbocycles. The summed E-state index contributed by atoms with van der Waals surface area (Å²) in [6.07, 6.45) is 0. The van der Waals surface area contributed by atoms with Gasteiger partial charge in [-0.2, -0.15) is 0 Å². The lowest BCUT2D eigenvalue weighted by Gasteiger charge is -2.23. The summed E-state index contributed by atoms with van der Waals surface area (Å²) in [5.41, 5.74) is 0.256. The molecule has 3 nitrogen and oxygen atoms in total. The van der Waals surface area contributed by atoms with Crippen LogP contribution in [0.2, 0.25) is 0 Å². The first-order valence-corrected chi connectivity index (χ1v) is 7.75. The first-order chi connectivity index (χ1) is 9.99. The summed E-state index contributed by atoms with van der Waals surface area (Å²) >= 11 is 1.48. The number of phenols is 1. The summed E-state index contributed by atoms with van der Waals surface area (Å²) in [6, 6.07) is 16.6. The minimum atomic E-state index is -0.539. The monoisotopic (exact) mass is 301 g/mol. The van der Waals surface area contributed by atoms with Crippen LogP contribution in [0.3, 0.4) is 0 Å². The summed E-state index contributed by atoms with van der Waals surface area (Å²) in [6.45, 7) is 3.80. The number of anilines is 1. The number of carbonyl (C=O) groups excluding carboxylic acids is 1. The number of para-hydroxylation sites is 2. The Bertz CT molecular complexity index is 611. The molecular formula is C17H19NO2S. The summed E-state index contributed by atoms with van der Waals surface area (Å²) in [4.78, 5) is 13.1. The Morgan fingerprint density at radius 2 is 1.71 bits per heavy atom. The third-order valence-electron chi connectivity index (χ3n) is 3.10. The quantitative estimate of drug-likeness (QED) is 0.816. The Morgan fingerprint density at radius 3 is 2.38 bits per heavy atom. The van der Waals surface area contributed by atoms with E-state index in [9.17, 15) is 9.90 Å². The molecule has 2 N–H and O–H groups in total. The number of rotatable bonds is 5. The number of carbonyl (C=O) groups is 1. The lowest BCUT2D eigenvalue weighted by Crippen LogP contribution is -2.32. The average Bonchev–Trinajstić information content (AvgIpc) is 2.47. The van der Waals surface area contributed by atoms with Crippen molar-refractivity contribution in [2.24, 2.45) is 5.41 Å². The van der Waals surface area contributed by atoms with Crippen LogP contribution in [0.15, 0.2) is 59.5 Å². The minimum Gasteiger partial charge on any atom is -0.507 e. The second-order valence-electron chi connectivity index (χ2n) is 5.46. The molecule has 0 bridgehead atoms. The fraction of sp³-hybridized carbons (Fsp3) is 0.235. The van der Waals surface area contributed by atoms with E-state index in [0.29, 0.717) is 5.75 Å². The molecule has 1 amide bonds. The largest absolute Gasteiger partial charge is 0.507 e. The third kappa shape index (κ3) is 4.26. The average molecular weight is 301 g/mol. The second kappa shape index (κ2) is 6.68. The van der Waals surface area contributed by atoms with Crippen molar-refractivity contribution in [3.63, 3.8) is 0 Å². The molecule has 0 atom stereocenters. The van der Waals surface area contributed by atoms with Gasteiger partial charge in [-0.1, -0.05) is 44.2 Å². The molecule has 0 aliphatic rings. The molecule has 0 fully saturated rings. The maximum Gasteiger partial charge on any atom is 0.230 e. The number of benzene rings is 2. The van der Waals surface area contributed by atoms with Crippen LogP contribution < -0.4 is 5.32 Å². The SMILES string of the molecule is CC(C)(CSc1ccccc1O)C(=O)Nc1ccccc1. The number of hydrogen-bond acceptors (Lipinski definition) is 3. The van der Waals surface area contributed by atoms with E-state index in [1.807, 2.05) is 56.3 Å². The lowest BCUT2D eigenvalue weighted by molar-refractivity contribution is -0.122. The van der Waals surface area contributed by atoms with Crippen LogP contribution in [-0.4, -0.2) is 16.8 Å². The maximum atomic E-state index is 12.4. The van der Waals surface area contributed by atoms with Gasteiger partial charge >= 0.3 is 0 Å². The van der Waals surface area contributed by atoms with E-state index in [-0.39, 0.29) is 11.7 Å². The van der Waals surface area contributed by atoms with E-state index < -0.39 is 5.41 Å². The first kappa shape index (κ1) is 15.4. The Morgan fingerprint density at radius 1 is 1.10 bits per heavy atom. The van der Waals surface area contributed by atoms with Crippen LogP contribution >= 0.6 is 11.8 Å².